The third-order valence-electron chi connectivity index (χ3n) is 3.75. The van der Waals surface area contributed by atoms with Gasteiger partial charge >= 0.3 is 0 Å². The van der Waals surface area contributed by atoms with Crippen molar-refractivity contribution in [3.63, 3.8) is 0 Å². The zero-order valence-corrected chi connectivity index (χ0v) is 12.6. The summed E-state index contributed by atoms with van der Waals surface area (Å²) < 4.78 is 10.7. The van der Waals surface area contributed by atoms with E-state index < -0.39 is 0 Å². The number of ether oxygens (including phenoxy) is 2. The Morgan fingerprint density at radius 2 is 1.95 bits per heavy atom. The molecule has 0 aromatic heterocycles. The van der Waals surface area contributed by atoms with Gasteiger partial charge in [0.1, 0.15) is 11.5 Å². The summed E-state index contributed by atoms with van der Waals surface area (Å²) in [5.74, 6) is 1.22. The van der Waals surface area contributed by atoms with E-state index in [2.05, 4.69) is 5.32 Å². The molecule has 0 saturated heterocycles. The van der Waals surface area contributed by atoms with Crippen molar-refractivity contribution in [3.8, 4) is 11.5 Å². The molecule has 0 unspecified atom stereocenters. The number of amides is 1. The summed E-state index contributed by atoms with van der Waals surface area (Å²) in [6.45, 7) is 0.426. The van der Waals surface area contributed by atoms with Crippen molar-refractivity contribution in [1.82, 2.24) is 5.32 Å². The number of rotatable bonds is 6. The predicted molar refractivity (Wildman–Crippen MR) is 81.4 cm³/mol. The largest absolute Gasteiger partial charge is 0.497 e. The minimum absolute atomic E-state index is 0.0215. The fourth-order valence-corrected chi connectivity index (χ4v) is 2.61. The van der Waals surface area contributed by atoms with Crippen LogP contribution in [-0.2, 0) is 11.3 Å². The highest BCUT2D eigenvalue weighted by molar-refractivity contribution is 5.77. The van der Waals surface area contributed by atoms with Gasteiger partial charge in [0, 0.05) is 18.7 Å². The number of methoxy groups -OCH3 is 1. The van der Waals surface area contributed by atoms with Gasteiger partial charge in [-0.2, -0.15) is 0 Å². The Labute approximate surface area is 125 Å². The average molecular weight is 292 g/mol. The lowest BCUT2D eigenvalue weighted by molar-refractivity contribution is -0.124. The molecule has 1 aliphatic carbocycles. The van der Waals surface area contributed by atoms with Crippen LogP contribution in [-0.4, -0.2) is 25.7 Å². The van der Waals surface area contributed by atoms with Crippen LogP contribution in [0.25, 0.3) is 0 Å². The van der Waals surface area contributed by atoms with E-state index in [0.29, 0.717) is 24.1 Å². The Bertz CT molecular complexity index is 448. The first-order valence-electron chi connectivity index (χ1n) is 7.51. The van der Waals surface area contributed by atoms with Gasteiger partial charge in [-0.3, -0.25) is 4.79 Å². The zero-order valence-electron chi connectivity index (χ0n) is 12.6. The van der Waals surface area contributed by atoms with E-state index in [1.54, 1.807) is 13.2 Å². The number of hydrogen-bond donors (Lipinski definition) is 2. The normalized spacial score (nSPS) is 15.5. The third-order valence-corrected chi connectivity index (χ3v) is 3.75. The molecule has 0 radical (unpaired) electrons. The molecule has 0 spiro atoms. The highest BCUT2D eigenvalue weighted by Gasteiger charge is 2.15. The lowest BCUT2D eigenvalue weighted by atomic mass is 9.95. The number of nitrogens with two attached hydrogens (primary N) is 1. The standard InChI is InChI=1S/C16H24N2O3/c1-20-14-7-12(10-17)8-15(9-14)21-11-16(19)18-13-5-3-2-4-6-13/h7-9,13H,2-6,10-11,17H2,1H3,(H,18,19). The topological polar surface area (TPSA) is 73.6 Å². The van der Waals surface area contributed by atoms with Crippen LogP contribution in [0.1, 0.15) is 37.7 Å². The van der Waals surface area contributed by atoms with Crippen LogP contribution in [0.15, 0.2) is 18.2 Å². The van der Waals surface area contributed by atoms with Crippen molar-refractivity contribution in [2.24, 2.45) is 5.73 Å². The molecule has 0 heterocycles. The fraction of sp³-hybridized carbons (Fsp3) is 0.562. The van der Waals surface area contributed by atoms with Gasteiger partial charge in [0.05, 0.1) is 7.11 Å². The molecule has 1 aliphatic rings. The molecule has 2 rings (SSSR count). The monoisotopic (exact) mass is 292 g/mol. The van der Waals surface area contributed by atoms with Crippen LogP contribution in [0.3, 0.4) is 0 Å². The minimum Gasteiger partial charge on any atom is -0.497 e. The molecule has 116 valence electrons. The summed E-state index contributed by atoms with van der Waals surface area (Å²) in [6.07, 6.45) is 5.81. The minimum atomic E-state index is -0.0704. The molecule has 0 bridgehead atoms. The predicted octanol–water partition coefficient (Wildman–Crippen LogP) is 1.98. The molecule has 0 atom stereocenters. The second-order valence-corrected chi connectivity index (χ2v) is 5.41. The Kier molecular flexibility index (Phi) is 5.87. The van der Waals surface area contributed by atoms with Crippen LogP contribution >= 0.6 is 0 Å². The molecular formula is C16H24N2O3. The second-order valence-electron chi connectivity index (χ2n) is 5.41. The van der Waals surface area contributed by atoms with Gasteiger partial charge < -0.3 is 20.5 Å². The highest BCUT2D eigenvalue weighted by atomic mass is 16.5. The van der Waals surface area contributed by atoms with Crippen LogP contribution in [0.5, 0.6) is 11.5 Å². The number of carbonyl (C=O) groups excluding carboxylic acids is 1. The van der Waals surface area contributed by atoms with E-state index >= 15 is 0 Å². The summed E-state index contributed by atoms with van der Waals surface area (Å²) in [4.78, 5) is 11.9. The SMILES string of the molecule is COc1cc(CN)cc(OCC(=O)NC2CCCCC2)c1. The fourth-order valence-electron chi connectivity index (χ4n) is 2.61. The quantitative estimate of drug-likeness (QED) is 0.841. The van der Waals surface area contributed by atoms with E-state index in [9.17, 15) is 4.79 Å². The first-order valence-corrected chi connectivity index (χ1v) is 7.51. The van der Waals surface area contributed by atoms with Crippen molar-refractivity contribution in [2.75, 3.05) is 13.7 Å². The van der Waals surface area contributed by atoms with Gasteiger partial charge in [-0.25, -0.2) is 0 Å². The summed E-state index contributed by atoms with van der Waals surface area (Å²) in [5, 5.41) is 3.03. The highest BCUT2D eigenvalue weighted by Crippen LogP contribution is 2.22. The van der Waals surface area contributed by atoms with Gasteiger partial charge in [-0.05, 0) is 30.5 Å². The molecular weight excluding hydrogens is 268 g/mol. The molecule has 5 nitrogen and oxygen atoms in total. The average Bonchev–Trinajstić information content (AvgIpc) is 2.53. The molecule has 1 fully saturated rings. The maximum atomic E-state index is 11.9. The Morgan fingerprint density at radius 3 is 2.62 bits per heavy atom. The summed E-state index contributed by atoms with van der Waals surface area (Å²) in [5.41, 5.74) is 6.55. The van der Waals surface area contributed by atoms with Gasteiger partial charge in [-0.1, -0.05) is 19.3 Å². The van der Waals surface area contributed by atoms with Gasteiger partial charge in [-0.15, -0.1) is 0 Å². The van der Waals surface area contributed by atoms with Crippen LogP contribution < -0.4 is 20.5 Å². The number of benzene rings is 1. The maximum absolute atomic E-state index is 11.9. The van der Waals surface area contributed by atoms with Crippen molar-refractivity contribution in [1.29, 1.82) is 0 Å². The Hall–Kier alpha value is -1.75. The van der Waals surface area contributed by atoms with Gasteiger partial charge in [0.2, 0.25) is 0 Å². The van der Waals surface area contributed by atoms with Crippen LogP contribution in [0, 0.1) is 0 Å². The van der Waals surface area contributed by atoms with Crippen molar-refractivity contribution < 1.29 is 14.3 Å². The molecule has 21 heavy (non-hydrogen) atoms. The Morgan fingerprint density at radius 1 is 1.24 bits per heavy atom. The number of hydrogen-bond acceptors (Lipinski definition) is 4. The van der Waals surface area contributed by atoms with E-state index in [1.807, 2.05) is 12.1 Å². The molecule has 1 saturated carbocycles. The number of nitrogens with one attached hydrogen (secondary N) is 1. The zero-order chi connectivity index (χ0) is 15.1. The lowest BCUT2D eigenvalue weighted by Crippen LogP contribution is -2.38. The summed E-state index contributed by atoms with van der Waals surface area (Å²) in [7, 11) is 1.59. The molecule has 0 aliphatic heterocycles. The lowest BCUT2D eigenvalue weighted by Gasteiger charge is -2.22. The molecule has 1 aromatic carbocycles. The van der Waals surface area contributed by atoms with E-state index in [1.165, 1.54) is 19.3 Å². The third kappa shape index (κ3) is 4.93. The van der Waals surface area contributed by atoms with Crippen molar-refractivity contribution in [3.05, 3.63) is 23.8 Å². The first kappa shape index (κ1) is 15.6. The molecule has 3 N–H and O–H groups in total. The summed E-state index contributed by atoms with van der Waals surface area (Å²) >= 11 is 0. The second kappa shape index (κ2) is 7.88. The smallest absolute Gasteiger partial charge is 0.258 e. The first-order chi connectivity index (χ1) is 10.2. The van der Waals surface area contributed by atoms with Gasteiger partial charge in [0.15, 0.2) is 6.61 Å². The number of carbonyl (C=O) groups is 1. The molecule has 1 amide bonds. The summed E-state index contributed by atoms with van der Waals surface area (Å²) in [6, 6.07) is 5.75. The van der Waals surface area contributed by atoms with Crippen LogP contribution in [0.4, 0.5) is 0 Å². The van der Waals surface area contributed by atoms with Crippen molar-refractivity contribution >= 4 is 5.91 Å². The van der Waals surface area contributed by atoms with Crippen LogP contribution in [0.2, 0.25) is 0 Å². The van der Waals surface area contributed by atoms with E-state index in [4.69, 9.17) is 15.2 Å². The van der Waals surface area contributed by atoms with Crippen molar-refractivity contribution in [2.45, 2.75) is 44.7 Å². The molecule has 1 aromatic rings. The maximum Gasteiger partial charge on any atom is 0.258 e. The molecule has 5 heteroatoms. The van der Waals surface area contributed by atoms with E-state index in [0.717, 1.165) is 18.4 Å². The van der Waals surface area contributed by atoms with Gasteiger partial charge in [0.25, 0.3) is 5.91 Å². The Balaban J connectivity index is 1.85. The van der Waals surface area contributed by atoms with E-state index in [-0.39, 0.29) is 12.5 Å².